The van der Waals surface area contributed by atoms with Gasteiger partial charge < -0.3 is 0 Å². The molecule has 4 fully saturated rings. The molecule has 4 aliphatic carbocycles. The monoisotopic (exact) mass is 176 g/mol. The number of Topliss-reactive ketones (excluding diaryl/α,β-unsaturated/α-hetero) is 2. The summed E-state index contributed by atoms with van der Waals surface area (Å²) < 4.78 is 0. The lowest BCUT2D eigenvalue weighted by atomic mass is 9.59. The highest BCUT2D eigenvalue weighted by Gasteiger charge is 2.71. The van der Waals surface area contributed by atoms with Gasteiger partial charge in [0.2, 0.25) is 0 Å². The Bertz CT molecular complexity index is 301. The Morgan fingerprint density at radius 2 is 1.31 bits per heavy atom. The summed E-state index contributed by atoms with van der Waals surface area (Å²) in [4.78, 5) is 23.2. The Labute approximate surface area is 76.7 Å². The molecule has 4 aliphatic rings. The summed E-state index contributed by atoms with van der Waals surface area (Å²) in [6, 6.07) is 0. The van der Waals surface area contributed by atoms with Gasteiger partial charge in [-0.2, -0.15) is 0 Å². The van der Waals surface area contributed by atoms with Crippen molar-refractivity contribution in [1.82, 2.24) is 0 Å². The van der Waals surface area contributed by atoms with Crippen LogP contribution in [0.15, 0.2) is 0 Å². The van der Waals surface area contributed by atoms with Crippen LogP contribution < -0.4 is 0 Å². The van der Waals surface area contributed by atoms with E-state index in [1.807, 2.05) is 0 Å². The van der Waals surface area contributed by atoms with Crippen molar-refractivity contribution in [3.63, 3.8) is 0 Å². The lowest BCUT2D eigenvalue weighted by Crippen LogP contribution is -2.46. The van der Waals surface area contributed by atoms with Crippen molar-refractivity contribution in [3.05, 3.63) is 0 Å². The van der Waals surface area contributed by atoms with Gasteiger partial charge in [-0.1, -0.05) is 0 Å². The number of carbonyl (C=O) groups is 2. The minimum atomic E-state index is 0.190. The second-order valence-corrected chi connectivity index (χ2v) is 5.30. The van der Waals surface area contributed by atoms with Gasteiger partial charge in [-0.25, -0.2) is 0 Å². The van der Waals surface area contributed by atoms with Crippen LogP contribution in [0, 0.1) is 35.5 Å². The first-order valence-electron chi connectivity index (χ1n) is 5.33. The van der Waals surface area contributed by atoms with E-state index >= 15 is 0 Å². The van der Waals surface area contributed by atoms with Gasteiger partial charge in [0, 0.05) is 24.7 Å². The number of rotatable bonds is 0. The Morgan fingerprint density at radius 1 is 0.846 bits per heavy atom. The van der Waals surface area contributed by atoms with Gasteiger partial charge in [-0.15, -0.1) is 0 Å². The summed E-state index contributed by atoms with van der Waals surface area (Å²) in [6.45, 7) is 0. The van der Waals surface area contributed by atoms with E-state index in [0.29, 0.717) is 35.2 Å². The fraction of sp³-hybridized carbons (Fsp3) is 0.818. The topological polar surface area (TPSA) is 34.1 Å². The maximum absolute atomic E-state index is 11.6. The van der Waals surface area contributed by atoms with E-state index in [1.165, 1.54) is 6.42 Å². The Hall–Kier alpha value is -0.660. The molecule has 4 saturated carbocycles. The van der Waals surface area contributed by atoms with Gasteiger partial charge >= 0.3 is 0 Å². The second-order valence-electron chi connectivity index (χ2n) is 5.30. The number of fused-ring (bicyclic) bond motifs is 1. The largest absolute Gasteiger partial charge is 0.299 e. The van der Waals surface area contributed by atoms with Gasteiger partial charge in [0.1, 0.15) is 11.6 Å². The van der Waals surface area contributed by atoms with Crippen LogP contribution in [0.3, 0.4) is 0 Å². The zero-order valence-electron chi connectivity index (χ0n) is 7.40. The molecule has 6 atom stereocenters. The zero-order chi connectivity index (χ0) is 8.74. The van der Waals surface area contributed by atoms with Crippen molar-refractivity contribution in [1.29, 1.82) is 0 Å². The van der Waals surface area contributed by atoms with Crippen LogP contribution in [0.2, 0.25) is 0 Å². The zero-order valence-corrected chi connectivity index (χ0v) is 7.40. The highest BCUT2D eigenvalue weighted by atomic mass is 16.1. The molecular formula is C11H12O2. The predicted octanol–water partition coefficient (Wildman–Crippen LogP) is 1.05. The maximum Gasteiger partial charge on any atom is 0.137 e. The van der Waals surface area contributed by atoms with Crippen LogP contribution in [0.25, 0.3) is 0 Å². The van der Waals surface area contributed by atoms with E-state index in [-0.39, 0.29) is 11.8 Å². The van der Waals surface area contributed by atoms with Crippen molar-refractivity contribution in [2.24, 2.45) is 35.5 Å². The molecule has 0 aromatic heterocycles. The molecule has 68 valence electrons. The summed E-state index contributed by atoms with van der Waals surface area (Å²) in [5, 5.41) is 0. The Morgan fingerprint density at radius 3 is 1.77 bits per heavy atom. The molecule has 2 nitrogen and oxygen atoms in total. The molecule has 2 heteroatoms. The Balaban J connectivity index is 1.86. The van der Waals surface area contributed by atoms with E-state index in [4.69, 9.17) is 0 Å². The summed E-state index contributed by atoms with van der Waals surface area (Å²) >= 11 is 0. The molecule has 4 rings (SSSR count). The minimum absolute atomic E-state index is 0.190. The third-order valence-electron chi connectivity index (χ3n) is 5.03. The standard InChI is InChI=1S/C11H12O2/c12-6-2-4-1-5-3-7(13)11-9(5)8(4)10(6)11/h4-5,8-11H,1-3H2/t4-,5+,8-,9-,10-,11+/m0/s1. The van der Waals surface area contributed by atoms with Crippen molar-refractivity contribution in [2.75, 3.05) is 0 Å². The molecule has 0 spiro atoms. The summed E-state index contributed by atoms with van der Waals surface area (Å²) in [5.41, 5.74) is 0. The van der Waals surface area contributed by atoms with E-state index in [0.717, 1.165) is 12.8 Å². The third kappa shape index (κ3) is 0.527. The van der Waals surface area contributed by atoms with Gasteiger partial charge in [0.15, 0.2) is 0 Å². The summed E-state index contributed by atoms with van der Waals surface area (Å²) in [6.07, 6.45) is 2.78. The molecule has 0 saturated heterocycles. The number of carbonyl (C=O) groups excluding carboxylic acids is 2. The lowest BCUT2D eigenvalue weighted by Gasteiger charge is -2.42. The fourth-order valence-electron chi connectivity index (χ4n) is 4.79. The molecule has 0 aliphatic heterocycles. The van der Waals surface area contributed by atoms with E-state index in [1.54, 1.807) is 0 Å². The quantitative estimate of drug-likeness (QED) is 0.552. The number of hydrogen-bond donors (Lipinski definition) is 0. The van der Waals surface area contributed by atoms with Gasteiger partial charge in [-0.3, -0.25) is 9.59 Å². The van der Waals surface area contributed by atoms with Crippen LogP contribution >= 0.6 is 0 Å². The molecule has 0 amide bonds. The average molecular weight is 176 g/mol. The van der Waals surface area contributed by atoms with Crippen LogP contribution in [0.5, 0.6) is 0 Å². The van der Waals surface area contributed by atoms with E-state index in [9.17, 15) is 9.59 Å². The molecule has 0 unspecified atom stereocenters. The van der Waals surface area contributed by atoms with Crippen molar-refractivity contribution < 1.29 is 9.59 Å². The van der Waals surface area contributed by atoms with Crippen LogP contribution in [-0.2, 0) is 9.59 Å². The molecule has 0 aromatic carbocycles. The van der Waals surface area contributed by atoms with Crippen LogP contribution in [0.1, 0.15) is 19.3 Å². The van der Waals surface area contributed by atoms with Crippen molar-refractivity contribution in [3.8, 4) is 0 Å². The number of hydrogen-bond acceptors (Lipinski definition) is 2. The normalized spacial score (nSPS) is 61.2. The molecule has 0 heterocycles. The van der Waals surface area contributed by atoms with Crippen molar-refractivity contribution in [2.45, 2.75) is 19.3 Å². The molecule has 0 N–H and O–H groups in total. The third-order valence-corrected chi connectivity index (χ3v) is 5.03. The highest BCUT2D eigenvalue weighted by Crippen LogP contribution is 2.69. The molecule has 13 heavy (non-hydrogen) atoms. The highest BCUT2D eigenvalue weighted by molar-refractivity contribution is 5.96. The van der Waals surface area contributed by atoms with Crippen LogP contribution in [-0.4, -0.2) is 11.6 Å². The molecule has 0 radical (unpaired) electrons. The SMILES string of the molecule is O=C1C[C@@H]2C[C@@H]3CC(=O)[C@H]4[C@@H]1[C@@H]2[C@H]34. The first-order valence-corrected chi connectivity index (χ1v) is 5.33. The maximum atomic E-state index is 11.6. The molecular weight excluding hydrogens is 164 g/mol. The van der Waals surface area contributed by atoms with Crippen molar-refractivity contribution >= 4 is 11.6 Å². The molecule has 0 aromatic rings. The minimum Gasteiger partial charge on any atom is -0.299 e. The van der Waals surface area contributed by atoms with Crippen LogP contribution in [0.4, 0.5) is 0 Å². The molecule has 0 bridgehead atoms. The van der Waals surface area contributed by atoms with Gasteiger partial charge in [-0.05, 0) is 30.1 Å². The fourth-order valence-corrected chi connectivity index (χ4v) is 4.79. The average Bonchev–Trinajstić information content (AvgIpc) is 2.40. The number of ketones is 2. The second kappa shape index (κ2) is 1.75. The van der Waals surface area contributed by atoms with Gasteiger partial charge in [0.25, 0.3) is 0 Å². The van der Waals surface area contributed by atoms with E-state index in [2.05, 4.69) is 0 Å². The van der Waals surface area contributed by atoms with E-state index < -0.39 is 0 Å². The lowest BCUT2D eigenvalue weighted by molar-refractivity contribution is -0.139. The smallest absolute Gasteiger partial charge is 0.137 e. The predicted molar refractivity (Wildman–Crippen MR) is 44.8 cm³/mol. The summed E-state index contributed by atoms with van der Waals surface area (Å²) in [5.74, 6) is 3.84. The summed E-state index contributed by atoms with van der Waals surface area (Å²) in [7, 11) is 0. The Kier molecular flexibility index (Phi) is 0.907. The first kappa shape index (κ1) is 6.74. The first-order chi connectivity index (χ1) is 6.27. The van der Waals surface area contributed by atoms with Gasteiger partial charge in [0.05, 0.1) is 0 Å².